The van der Waals surface area contributed by atoms with Crippen LogP contribution in [-0.2, 0) is 4.74 Å². The van der Waals surface area contributed by atoms with Crippen LogP contribution in [0.4, 0.5) is 5.82 Å². The third kappa shape index (κ3) is 2.12. The Labute approximate surface area is 117 Å². The van der Waals surface area contributed by atoms with Crippen LogP contribution in [0.1, 0.15) is 25.7 Å². The lowest BCUT2D eigenvalue weighted by atomic mass is 9.82. The van der Waals surface area contributed by atoms with E-state index >= 15 is 0 Å². The van der Waals surface area contributed by atoms with Crippen LogP contribution in [0, 0.1) is 5.92 Å². The summed E-state index contributed by atoms with van der Waals surface area (Å²) in [6, 6.07) is 4.44. The van der Waals surface area contributed by atoms with Gasteiger partial charge in [0, 0.05) is 31.0 Å². The van der Waals surface area contributed by atoms with Gasteiger partial charge in [-0.3, -0.25) is 4.98 Å². The molecule has 2 aromatic heterocycles. The van der Waals surface area contributed by atoms with Crippen molar-refractivity contribution in [3.05, 3.63) is 24.5 Å². The van der Waals surface area contributed by atoms with Crippen molar-refractivity contribution in [3.63, 3.8) is 0 Å². The van der Waals surface area contributed by atoms with E-state index in [2.05, 4.69) is 20.3 Å². The molecule has 1 N–H and O–H groups in total. The van der Waals surface area contributed by atoms with E-state index < -0.39 is 0 Å². The molecule has 20 heavy (non-hydrogen) atoms. The molecule has 5 heteroatoms. The van der Waals surface area contributed by atoms with Gasteiger partial charge in [-0.2, -0.15) is 0 Å². The molecule has 0 spiro atoms. The van der Waals surface area contributed by atoms with Crippen molar-refractivity contribution in [3.8, 4) is 0 Å². The van der Waals surface area contributed by atoms with Gasteiger partial charge in [0.1, 0.15) is 11.3 Å². The molecule has 3 unspecified atom stereocenters. The number of nitrogens with one attached hydrogen (secondary N) is 1. The van der Waals surface area contributed by atoms with Gasteiger partial charge in [-0.05, 0) is 37.8 Å². The zero-order chi connectivity index (χ0) is 13.4. The second kappa shape index (κ2) is 4.98. The number of aromatic nitrogens is 3. The average molecular weight is 270 g/mol. The fraction of sp³-hybridized carbons (Fsp3) is 0.533. The maximum Gasteiger partial charge on any atom is 0.180 e. The molecule has 0 aromatic carbocycles. The summed E-state index contributed by atoms with van der Waals surface area (Å²) in [7, 11) is 0. The Kier molecular flexibility index (Phi) is 2.99. The quantitative estimate of drug-likeness (QED) is 0.908. The van der Waals surface area contributed by atoms with Gasteiger partial charge in [0.25, 0.3) is 0 Å². The van der Waals surface area contributed by atoms with Gasteiger partial charge >= 0.3 is 0 Å². The molecule has 0 bridgehead atoms. The predicted octanol–water partition coefficient (Wildman–Crippen LogP) is 2.39. The molecule has 104 valence electrons. The Hall–Kier alpha value is -1.75. The molecule has 1 aliphatic carbocycles. The molecule has 1 aliphatic heterocycles. The lowest BCUT2D eigenvalue weighted by Crippen LogP contribution is -2.38. The molecule has 4 rings (SSSR count). The van der Waals surface area contributed by atoms with Gasteiger partial charge in [-0.15, -0.1) is 0 Å². The minimum atomic E-state index is 0.446. The van der Waals surface area contributed by atoms with Crippen molar-refractivity contribution >= 4 is 17.0 Å². The lowest BCUT2D eigenvalue weighted by Gasteiger charge is -2.33. The van der Waals surface area contributed by atoms with Crippen LogP contribution in [0.25, 0.3) is 11.2 Å². The molecular formula is C15H18N4O. The summed E-state index contributed by atoms with van der Waals surface area (Å²) in [5.41, 5.74) is 1.54. The summed E-state index contributed by atoms with van der Waals surface area (Å²) < 4.78 is 5.81. The SMILES string of the molecule is c1cnc2nc(NC3CCCC4OCCC34)ccc2n1. The molecule has 1 saturated heterocycles. The van der Waals surface area contributed by atoms with E-state index in [-0.39, 0.29) is 0 Å². The summed E-state index contributed by atoms with van der Waals surface area (Å²) in [5.74, 6) is 1.53. The minimum Gasteiger partial charge on any atom is -0.378 e. The maximum atomic E-state index is 5.81. The number of pyridine rings is 1. The molecule has 2 fully saturated rings. The van der Waals surface area contributed by atoms with Crippen molar-refractivity contribution in [2.24, 2.45) is 5.92 Å². The molecular weight excluding hydrogens is 252 g/mol. The number of hydrogen-bond donors (Lipinski definition) is 1. The maximum absolute atomic E-state index is 5.81. The van der Waals surface area contributed by atoms with Crippen LogP contribution in [0.3, 0.4) is 0 Å². The Morgan fingerprint density at radius 1 is 1.10 bits per heavy atom. The molecule has 2 aromatic rings. The molecule has 0 radical (unpaired) electrons. The molecule has 0 amide bonds. The van der Waals surface area contributed by atoms with Crippen molar-refractivity contribution in [2.75, 3.05) is 11.9 Å². The predicted molar refractivity (Wildman–Crippen MR) is 76.4 cm³/mol. The third-order valence-electron chi connectivity index (χ3n) is 4.45. The monoisotopic (exact) mass is 270 g/mol. The Morgan fingerprint density at radius 2 is 2.05 bits per heavy atom. The van der Waals surface area contributed by atoms with Gasteiger partial charge < -0.3 is 10.1 Å². The largest absolute Gasteiger partial charge is 0.378 e. The van der Waals surface area contributed by atoms with Gasteiger partial charge in [0.2, 0.25) is 0 Å². The highest BCUT2D eigenvalue weighted by Crippen LogP contribution is 2.35. The lowest BCUT2D eigenvalue weighted by molar-refractivity contribution is 0.0619. The first-order valence-electron chi connectivity index (χ1n) is 7.36. The van der Waals surface area contributed by atoms with Crippen LogP contribution < -0.4 is 5.32 Å². The van der Waals surface area contributed by atoms with Gasteiger partial charge in [0.05, 0.1) is 6.10 Å². The average Bonchev–Trinajstić information content (AvgIpc) is 2.97. The van der Waals surface area contributed by atoms with E-state index in [4.69, 9.17) is 4.74 Å². The van der Waals surface area contributed by atoms with E-state index in [1.165, 1.54) is 19.3 Å². The standard InChI is InChI=1S/C15H18N4O/c1-2-11(10-6-9-20-13(10)3-1)18-14-5-4-12-15(19-14)17-8-7-16-12/h4-5,7-8,10-11,13H,1-3,6,9H2,(H,17,18,19). The molecule has 2 aliphatic rings. The summed E-state index contributed by atoms with van der Waals surface area (Å²) in [6.07, 6.45) is 8.62. The summed E-state index contributed by atoms with van der Waals surface area (Å²) in [4.78, 5) is 13.1. The highest BCUT2D eigenvalue weighted by molar-refractivity contribution is 5.71. The van der Waals surface area contributed by atoms with E-state index in [0.29, 0.717) is 23.7 Å². The van der Waals surface area contributed by atoms with Crippen LogP contribution in [0.2, 0.25) is 0 Å². The number of hydrogen-bond acceptors (Lipinski definition) is 5. The fourth-order valence-corrected chi connectivity index (χ4v) is 3.48. The Morgan fingerprint density at radius 3 is 3.05 bits per heavy atom. The van der Waals surface area contributed by atoms with E-state index in [0.717, 1.165) is 24.4 Å². The zero-order valence-corrected chi connectivity index (χ0v) is 11.3. The minimum absolute atomic E-state index is 0.446. The highest BCUT2D eigenvalue weighted by Gasteiger charge is 2.37. The summed E-state index contributed by atoms with van der Waals surface area (Å²) in [6.45, 7) is 0.907. The normalized spacial score (nSPS) is 29.3. The second-order valence-electron chi connectivity index (χ2n) is 5.64. The first-order chi connectivity index (χ1) is 9.90. The number of fused-ring (bicyclic) bond motifs is 2. The van der Waals surface area contributed by atoms with E-state index in [9.17, 15) is 0 Å². The first kappa shape index (κ1) is 12.0. The second-order valence-corrected chi connectivity index (χ2v) is 5.64. The number of nitrogens with zero attached hydrogens (tertiary/aromatic N) is 3. The summed E-state index contributed by atoms with van der Waals surface area (Å²) >= 11 is 0. The van der Waals surface area contributed by atoms with Crippen molar-refractivity contribution < 1.29 is 4.74 Å². The molecule has 3 atom stereocenters. The molecule has 5 nitrogen and oxygen atoms in total. The fourth-order valence-electron chi connectivity index (χ4n) is 3.48. The van der Waals surface area contributed by atoms with Crippen LogP contribution >= 0.6 is 0 Å². The highest BCUT2D eigenvalue weighted by atomic mass is 16.5. The van der Waals surface area contributed by atoms with Crippen LogP contribution in [0.5, 0.6) is 0 Å². The zero-order valence-electron chi connectivity index (χ0n) is 11.3. The van der Waals surface area contributed by atoms with Gasteiger partial charge in [0.15, 0.2) is 5.65 Å². The van der Waals surface area contributed by atoms with Gasteiger partial charge in [-0.1, -0.05) is 0 Å². The van der Waals surface area contributed by atoms with Gasteiger partial charge in [-0.25, -0.2) is 9.97 Å². The van der Waals surface area contributed by atoms with Crippen molar-refractivity contribution in [1.29, 1.82) is 0 Å². The first-order valence-corrected chi connectivity index (χ1v) is 7.36. The van der Waals surface area contributed by atoms with Crippen LogP contribution in [0.15, 0.2) is 24.5 Å². The van der Waals surface area contributed by atoms with Crippen molar-refractivity contribution in [1.82, 2.24) is 15.0 Å². The Balaban J connectivity index is 1.57. The summed E-state index contributed by atoms with van der Waals surface area (Å²) in [5, 5.41) is 3.59. The van der Waals surface area contributed by atoms with E-state index in [1.807, 2.05) is 12.1 Å². The Bertz CT molecular complexity index is 618. The molecule has 3 heterocycles. The molecule has 1 saturated carbocycles. The topological polar surface area (TPSA) is 59.9 Å². The number of anilines is 1. The number of ether oxygens (including phenoxy) is 1. The smallest absolute Gasteiger partial charge is 0.180 e. The third-order valence-corrected chi connectivity index (χ3v) is 4.45. The van der Waals surface area contributed by atoms with E-state index in [1.54, 1.807) is 12.4 Å². The number of rotatable bonds is 2. The van der Waals surface area contributed by atoms with Crippen LogP contribution in [-0.4, -0.2) is 33.7 Å². The van der Waals surface area contributed by atoms with Crippen molar-refractivity contribution in [2.45, 2.75) is 37.8 Å².